The monoisotopic (exact) mass is 279 g/mol. The van der Waals surface area contributed by atoms with Crippen LogP contribution in [0.2, 0.25) is 0 Å². The smallest absolute Gasteiger partial charge is 0.310 e. The quantitative estimate of drug-likeness (QED) is 0.864. The molecule has 0 radical (unpaired) electrons. The van der Waals surface area contributed by atoms with Crippen LogP contribution >= 0.6 is 0 Å². The molecule has 0 aromatic heterocycles. The van der Waals surface area contributed by atoms with Crippen molar-refractivity contribution in [3.05, 3.63) is 0 Å². The van der Waals surface area contributed by atoms with Crippen LogP contribution in [0.4, 0.5) is 0 Å². The fourth-order valence-corrected chi connectivity index (χ4v) is 4.33. The molecular weight excluding hydrogens is 254 g/mol. The number of carbonyl (C=O) groups excluding carboxylic acids is 1. The standard InChI is InChI=1S/C16H25NO3/c18-13(11-16(14(19)20)7-4-8-16)17-10-9-15(12-17)5-2-1-3-6-15/h1-12H2,(H,19,20). The summed E-state index contributed by atoms with van der Waals surface area (Å²) in [7, 11) is 0. The van der Waals surface area contributed by atoms with Gasteiger partial charge in [0.05, 0.1) is 5.41 Å². The first-order valence-corrected chi connectivity index (χ1v) is 8.07. The Morgan fingerprint density at radius 1 is 0.950 bits per heavy atom. The Morgan fingerprint density at radius 2 is 1.65 bits per heavy atom. The zero-order chi connectivity index (χ0) is 14.2. The summed E-state index contributed by atoms with van der Waals surface area (Å²) >= 11 is 0. The Bertz CT molecular complexity index is 408. The Balaban J connectivity index is 1.60. The van der Waals surface area contributed by atoms with E-state index >= 15 is 0 Å². The number of hydrogen-bond donors (Lipinski definition) is 1. The molecule has 2 saturated carbocycles. The Labute approximate surface area is 120 Å². The molecule has 1 aliphatic heterocycles. The first-order valence-electron chi connectivity index (χ1n) is 8.07. The number of carbonyl (C=O) groups is 2. The zero-order valence-electron chi connectivity index (χ0n) is 12.2. The third-order valence-corrected chi connectivity index (χ3v) is 5.96. The van der Waals surface area contributed by atoms with Gasteiger partial charge in [-0.1, -0.05) is 25.7 Å². The van der Waals surface area contributed by atoms with Gasteiger partial charge in [-0.25, -0.2) is 0 Å². The molecule has 2 aliphatic carbocycles. The minimum absolute atomic E-state index is 0.0783. The van der Waals surface area contributed by atoms with Crippen LogP contribution in [-0.2, 0) is 9.59 Å². The lowest BCUT2D eigenvalue weighted by Crippen LogP contribution is -2.43. The molecule has 1 heterocycles. The highest BCUT2D eigenvalue weighted by atomic mass is 16.4. The summed E-state index contributed by atoms with van der Waals surface area (Å²) in [5.41, 5.74) is -0.372. The summed E-state index contributed by atoms with van der Waals surface area (Å²) in [5, 5.41) is 9.35. The fraction of sp³-hybridized carbons (Fsp3) is 0.875. The molecule has 0 atom stereocenters. The summed E-state index contributed by atoms with van der Waals surface area (Å²) in [4.78, 5) is 25.8. The van der Waals surface area contributed by atoms with Gasteiger partial charge in [-0.3, -0.25) is 9.59 Å². The number of amides is 1. The lowest BCUT2D eigenvalue weighted by Gasteiger charge is -2.38. The van der Waals surface area contributed by atoms with Gasteiger partial charge >= 0.3 is 5.97 Å². The minimum Gasteiger partial charge on any atom is -0.481 e. The molecule has 0 aromatic carbocycles. The Hall–Kier alpha value is -1.06. The number of hydrogen-bond acceptors (Lipinski definition) is 2. The molecule has 3 fully saturated rings. The molecule has 1 N–H and O–H groups in total. The van der Waals surface area contributed by atoms with E-state index in [-0.39, 0.29) is 12.3 Å². The van der Waals surface area contributed by atoms with Crippen molar-refractivity contribution in [1.82, 2.24) is 4.90 Å². The number of carboxylic acid groups (broad SMARTS) is 1. The van der Waals surface area contributed by atoms with Crippen LogP contribution in [0.5, 0.6) is 0 Å². The molecule has 1 saturated heterocycles. The van der Waals surface area contributed by atoms with E-state index in [1.807, 2.05) is 4.90 Å². The lowest BCUT2D eigenvalue weighted by molar-refractivity contribution is -0.159. The number of nitrogens with zero attached hydrogens (tertiary/aromatic N) is 1. The average molecular weight is 279 g/mol. The third-order valence-electron chi connectivity index (χ3n) is 5.96. The maximum absolute atomic E-state index is 12.4. The summed E-state index contributed by atoms with van der Waals surface area (Å²) in [6, 6.07) is 0. The summed E-state index contributed by atoms with van der Waals surface area (Å²) < 4.78 is 0. The van der Waals surface area contributed by atoms with Crippen LogP contribution in [0, 0.1) is 10.8 Å². The SMILES string of the molecule is O=C(CC1(C(=O)O)CCC1)N1CCC2(CCCCC2)C1. The maximum atomic E-state index is 12.4. The van der Waals surface area contributed by atoms with Gasteiger partial charge in [0.1, 0.15) is 0 Å². The second-order valence-corrected chi connectivity index (χ2v) is 7.24. The normalized spacial score (nSPS) is 27.3. The average Bonchev–Trinajstić information content (AvgIpc) is 2.78. The Morgan fingerprint density at radius 3 is 2.20 bits per heavy atom. The van der Waals surface area contributed by atoms with E-state index in [2.05, 4.69) is 0 Å². The van der Waals surface area contributed by atoms with E-state index in [1.165, 1.54) is 32.1 Å². The van der Waals surface area contributed by atoms with Gasteiger partial charge in [-0.2, -0.15) is 0 Å². The van der Waals surface area contributed by atoms with Crippen LogP contribution in [0.3, 0.4) is 0 Å². The van der Waals surface area contributed by atoms with E-state index in [0.29, 0.717) is 18.3 Å². The summed E-state index contributed by atoms with van der Waals surface area (Å²) in [6.07, 6.45) is 10.1. The molecule has 112 valence electrons. The highest BCUT2D eigenvalue weighted by Gasteiger charge is 2.48. The highest BCUT2D eigenvalue weighted by molar-refractivity contribution is 5.85. The molecule has 4 heteroatoms. The number of likely N-dealkylation sites (tertiary alicyclic amines) is 1. The van der Waals surface area contributed by atoms with Crippen molar-refractivity contribution in [2.75, 3.05) is 13.1 Å². The van der Waals surface area contributed by atoms with Gasteiger partial charge in [0, 0.05) is 19.5 Å². The zero-order valence-corrected chi connectivity index (χ0v) is 12.2. The highest BCUT2D eigenvalue weighted by Crippen LogP contribution is 2.47. The molecule has 0 aromatic rings. The van der Waals surface area contributed by atoms with Crippen molar-refractivity contribution in [2.45, 2.75) is 64.2 Å². The van der Waals surface area contributed by atoms with Gasteiger partial charge in [0.15, 0.2) is 0 Å². The van der Waals surface area contributed by atoms with Crippen LogP contribution in [0.15, 0.2) is 0 Å². The second-order valence-electron chi connectivity index (χ2n) is 7.24. The molecule has 1 spiro atoms. The van der Waals surface area contributed by atoms with Crippen LogP contribution in [-0.4, -0.2) is 35.0 Å². The van der Waals surface area contributed by atoms with Gasteiger partial charge in [-0.15, -0.1) is 0 Å². The van der Waals surface area contributed by atoms with Crippen molar-refractivity contribution in [2.24, 2.45) is 10.8 Å². The molecule has 0 bridgehead atoms. The van der Waals surface area contributed by atoms with Gasteiger partial charge in [0.25, 0.3) is 0 Å². The fourth-order valence-electron chi connectivity index (χ4n) is 4.33. The van der Waals surface area contributed by atoms with Crippen molar-refractivity contribution in [1.29, 1.82) is 0 Å². The van der Waals surface area contributed by atoms with Crippen molar-refractivity contribution in [3.63, 3.8) is 0 Å². The second kappa shape index (κ2) is 5.05. The number of aliphatic carboxylic acids is 1. The van der Waals surface area contributed by atoms with Gasteiger partial charge in [0.2, 0.25) is 5.91 Å². The van der Waals surface area contributed by atoms with Crippen LogP contribution < -0.4 is 0 Å². The molecule has 4 nitrogen and oxygen atoms in total. The number of carboxylic acids is 1. The maximum Gasteiger partial charge on any atom is 0.310 e. The largest absolute Gasteiger partial charge is 0.481 e. The van der Waals surface area contributed by atoms with E-state index in [9.17, 15) is 14.7 Å². The van der Waals surface area contributed by atoms with E-state index in [1.54, 1.807) is 0 Å². The predicted octanol–water partition coefficient (Wildman–Crippen LogP) is 2.81. The third kappa shape index (κ3) is 2.33. The molecule has 20 heavy (non-hydrogen) atoms. The minimum atomic E-state index is -0.774. The molecular formula is C16H25NO3. The molecule has 1 amide bonds. The first-order chi connectivity index (χ1) is 9.55. The Kier molecular flexibility index (Phi) is 3.51. The van der Waals surface area contributed by atoms with E-state index in [4.69, 9.17) is 0 Å². The van der Waals surface area contributed by atoms with E-state index in [0.717, 1.165) is 25.9 Å². The predicted molar refractivity (Wildman–Crippen MR) is 75.3 cm³/mol. The summed E-state index contributed by atoms with van der Waals surface area (Å²) in [5.74, 6) is -0.696. The van der Waals surface area contributed by atoms with Crippen molar-refractivity contribution in [3.8, 4) is 0 Å². The van der Waals surface area contributed by atoms with Gasteiger partial charge in [-0.05, 0) is 37.5 Å². The number of rotatable bonds is 3. The van der Waals surface area contributed by atoms with Crippen molar-refractivity contribution < 1.29 is 14.7 Å². The first kappa shape index (κ1) is 13.9. The summed E-state index contributed by atoms with van der Waals surface area (Å²) in [6.45, 7) is 1.72. The molecule has 3 aliphatic rings. The lowest BCUT2D eigenvalue weighted by atomic mass is 9.66. The van der Waals surface area contributed by atoms with Crippen LogP contribution in [0.1, 0.15) is 64.2 Å². The molecule has 0 unspecified atom stereocenters. The van der Waals surface area contributed by atoms with Crippen LogP contribution in [0.25, 0.3) is 0 Å². The topological polar surface area (TPSA) is 57.6 Å². The van der Waals surface area contributed by atoms with E-state index < -0.39 is 11.4 Å². The van der Waals surface area contributed by atoms with Gasteiger partial charge < -0.3 is 10.0 Å². The molecule has 3 rings (SSSR count). The van der Waals surface area contributed by atoms with Crippen molar-refractivity contribution >= 4 is 11.9 Å².